The first-order chi connectivity index (χ1) is 11.7. The van der Waals surface area contributed by atoms with Crippen molar-refractivity contribution >= 4 is 28.0 Å². The molecule has 0 fully saturated rings. The molecule has 1 aromatic heterocycles. The largest absolute Gasteiger partial charge is 0.497 e. The van der Waals surface area contributed by atoms with Crippen LogP contribution in [-0.4, -0.2) is 25.0 Å². The van der Waals surface area contributed by atoms with Crippen LogP contribution in [0.5, 0.6) is 5.75 Å². The fourth-order valence-electron chi connectivity index (χ4n) is 2.74. The Morgan fingerprint density at radius 3 is 2.67 bits per heavy atom. The minimum absolute atomic E-state index is 0.179. The van der Waals surface area contributed by atoms with Gasteiger partial charge in [0.05, 0.1) is 7.11 Å². The maximum absolute atomic E-state index is 12.3. The lowest BCUT2D eigenvalue weighted by Gasteiger charge is -2.17. The number of hydrogen-bond acceptors (Lipinski definition) is 3. The van der Waals surface area contributed by atoms with Crippen LogP contribution < -0.4 is 4.74 Å². The van der Waals surface area contributed by atoms with E-state index < -0.39 is 0 Å². The summed E-state index contributed by atoms with van der Waals surface area (Å²) in [5, 5.41) is 4.35. The average molecular weight is 339 g/mol. The van der Waals surface area contributed by atoms with Crippen LogP contribution in [0.4, 0.5) is 0 Å². The normalized spacial score (nSPS) is 10.8. The first-order valence-electron chi connectivity index (χ1n) is 7.99. The summed E-state index contributed by atoms with van der Waals surface area (Å²) in [7, 11) is 3.54. The highest BCUT2D eigenvalue weighted by Gasteiger charge is 2.10. The standard InChI is InChI=1S/C20H21NO2S/c1-21(20(22)10-9-19-4-3-11-24-19)14-15-5-6-17-13-18(23-2)8-7-16(17)12-15/h3-8,11-13H,9-10,14H2,1-2H3. The Balaban J connectivity index is 1.63. The Kier molecular flexibility index (Phi) is 5.16. The van der Waals surface area contributed by atoms with E-state index in [0.717, 1.165) is 28.5 Å². The molecule has 0 aliphatic rings. The second kappa shape index (κ2) is 7.49. The van der Waals surface area contributed by atoms with Gasteiger partial charge in [-0.15, -0.1) is 11.3 Å². The summed E-state index contributed by atoms with van der Waals surface area (Å²) in [4.78, 5) is 15.4. The zero-order chi connectivity index (χ0) is 16.9. The molecule has 0 saturated heterocycles. The third-order valence-corrected chi connectivity index (χ3v) is 5.06. The Morgan fingerprint density at radius 1 is 1.12 bits per heavy atom. The lowest BCUT2D eigenvalue weighted by molar-refractivity contribution is -0.130. The van der Waals surface area contributed by atoms with Crippen LogP contribution in [0.3, 0.4) is 0 Å². The molecule has 0 unspecified atom stereocenters. The number of carbonyl (C=O) groups excluding carboxylic acids is 1. The predicted molar refractivity (Wildman–Crippen MR) is 99.6 cm³/mol. The van der Waals surface area contributed by atoms with Gasteiger partial charge in [-0.05, 0) is 52.4 Å². The van der Waals surface area contributed by atoms with Gasteiger partial charge in [-0.1, -0.05) is 24.3 Å². The van der Waals surface area contributed by atoms with E-state index in [1.807, 2.05) is 30.6 Å². The van der Waals surface area contributed by atoms with Gasteiger partial charge in [0, 0.05) is 24.9 Å². The zero-order valence-electron chi connectivity index (χ0n) is 14.0. The minimum Gasteiger partial charge on any atom is -0.497 e. The minimum atomic E-state index is 0.179. The van der Waals surface area contributed by atoms with Crippen molar-refractivity contribution in [1.82, 2.24) is 4.90 Å². The van der Waals surface area contributed by atoms with E-state index in [4.69, 9.17) is 4.74 Å². The highest BCUT2D eigenvalue weighted by Crippen LogP contribution is 2.22. The Morgan fingerprint density at radius 2 is 1.92 bits per heavy atom. The highest BCUT2D eigenvalue weighted by molar-refractivity contribution is 7.09. The van der Waals surface area contributed by atoms with Crippen molar-refractivity contribution in [2.45, 2.75) is 19.4 Å². The Bertz CT molecular complexity index is 827. The smallest absolute Gasteiger partial charge is 0.222 e. The quantitative estimate of drug-likeness (QED) is 0.662. The molecule has 3 rings (SSSR count). The second-order valence-electron chi connectivity index (χ2n) is 5.88. The number of carbonyl (C=O) groups is 1. The first-order valence-corrected chi connectivity index (χ1v) is 8.87. The number of ether oxygens (including phenoxy) is 1. The number of thiophene rings is 1. The summed E-state index contributed by atoms with van der Waals surface area (Å²) in [5.41, 5.74) is 1.14. The summed E-state index contributed by atoms with van der Waals surface area (Å²) in [6.07, 6.45) is 1.38. The molecule has 1 amide bonds. The number of rotatable bonds is 6. The third kappa shape index (κ3) is 3.95. The molecule has 0 aliphatic carbocycles. The molecule has 2 aromatic carbocycles. The van der Waals surface area contributed by atoms with Gasteiger partial charge < -0.3 is 9.64 Å². The SMILES string of the molecule is COc1ccc2cc(CN(C)C(=O)CCc3cccs3)ccc2c1. The molecule has 0 spiro atoms. The number of hydrogen-bond donors (Lipinski definition) is 0. The van der Waals surface area contributed by atoms with Gasteiger partial charge in [0.15, 0.2) is 0 Å². The Hall–Kier alpha value is -2.33. The molecule has 4 heteroatoms. The van der Waals surface area contributed by atoms with Crippen molar-refractivity contribution in [2.24, 2.45) is 0 Å². The van der Waals surface area contributed by atoms with E-state index in [-0.39, 0.29) is 5.91 Å². The van der Waals surface area contributed by atoms with Crippen molar-refractivity contribution in [1.29, 1.82) is 0 Å². The molecule has 0 saturated carbocycles. The maximum Gasteiger partial charge on any atom is 0.222 e. The third-order valence-electron chi connectivity index (χ3n) is 4.12. The fraction of sp³-hybridized carbons (Fsp3) is 0.250. The van der Waals surface area contributed by atoms with Crippen LogP contribution in [0.1, 0.15) is 16.9 Å². The van der Waals surface area contributed by atoms with Gasteiger partial charge in [0.25, 0.3) is 0 Å². The van der Waals surface area contributed by atoms with Gasteiger partial charge >= 0.3 is 0 Å². The monoisotopic (exact) mass is 339 g/mol. The van der Waals surface area contributed by atoms with Crippen molar-refractivity contribution < 1.29 is 9.53 Å². The summed E-state index contributed by atoms with van der Waals surface area (Å²) in [6.45, 7) is 0.630. The Labute approximate surface area is 146 Å². The molecule has 24 heavy (non-hydrogen) atoms. The summed E-state index contributed by atoms with van der Waals surface area (Å²) in [5.74, 6) is 1.04. The van der Waals surface area contributed by atoms with Crippen molar-refractivity contribution in [2.75, 3.05) is 14.2 Å². The number of aryl methyl sites for hydroxylation is 1. The van der Waals surface area contributed by atoms with Gasteiger partial charge in [-0.3, -0.25) is 4.79 Å². The van der Waals surface area contributed by atoms with Crippen LogP contribution in [0, 0.1) is 0 Å². The van der Waals surface area contributed by atoms with E-state index in [2.05, 4.69) is 30.3 Å². The van der Waals surface area contributed by atoms with E-state index >= 15 is 0 Å². The van der Waals surface area contributed by atoms with Crippen LogP contribution >= 0.6 is 11.3 Å². The van der Waals surface area contributed by atoms with Crippen LogP contribution in [0.15, 0.2) is 53.9 Å². The maximum atomic E-state index is 12.3. The molecule has 124 valence electrons. The average Bonchev–Trinajstić information content (AvgIpc) is 3.12. The van der Waals surface area contributed by atoms with Crippen molar-refractivity contribution in [3.05, 3.63) is 64.4 Å². The van der Waals surface area contributed by atoms with Gasteiger partial charge in [0.2, 0.25) is 5.91 Å². The van der Waals surface area contributed by atoms with Gasteiger partial charge in [-0.2, -0.15) is 0 Å². The van der Waals surface area contributed by atoms with Gasteiger partial charge in [0.1, 0.15) is 5.75 Å². The predicted octanol–water partition coefficient (Wildman–Crippen LogP) is 4.50. The molecule has 0 radical (unpaired) electrons. The second-order valence-corrected chi connectivity index (χ2v) is 6.91. The zero-order valence-corrected chi connectivity index (χ0v) is 14.8. The van der Waals surface area contributed by atoms with Crippen LogP contribution in [0.25, 0.3) is 10.8 Å². The van der Waals surface area contributed by atoms with E-state index in [1.165, 1.54) is 4.88 Å². The van der Waals surface area contributed by atoms with E-state index in [0.29, 0.717) is 13.0 Å². The lowest BCUT2D eigenvalue weighted by Crippen LogP contribution is -2.26. The number of benzene rings is 2. The fourth-order valence-corrected chi connectivity index (χ4v) is 3.45. The van der Waals surface area contributed by atoms with Gasteiger partial charge in [-0.25, -0.2) is 0 Å². The van der Waals surface area contributed by atoms with Crippen LogP contribution in [-0.2, 0) is 17.8 Å². The number of nitrogens with zero attached hydrogens (tertiary/aromatic N) is 1. The molecule has 1 heterocycles. The molecule has 0 aliphatic heterocycles. The van der Waals surface area contributed by atoms with Crippen molar-refractivity contribution in [3.8, 4) is 5.75 Å². The number of methoxy groups -OCH3 is 1. The first kappa shape index (κ1) is 16.5. The molecular weight excluding hydrogens is 318 g/mol. The summed E-state index contributed by atoms with van der Waals surface area (Å²) < 4.78 is 5.25. The topological polar surface area (TPSA) is 29.5 Å². The molecule has 0 atom stereocenters. The van der Waals surface area contributed by atoms with E-state index in [9.17, 15) is 4.79 Å². The number of fused-ring (bicyclic) bond motifs is 1. The highest BCUT2D eigenvalue weighted by atomic mass is 32.1. The summed E-state index contributed by atoms with van der Waals surface area (Å²) in [6, 6.07) is 16.4. The molecule has 3 nitrogen and oxygen atoms in total. The van der Waals surface area contributed by atoms with Crippen LogP contribution in [0.2, 0.25) is 0 Å². The summed E-state index contributed by atoms with van der Waals surface area (Å²) >= 11 is 1.70. The molecule has 0 bridgehead atoms. The number of amides is 1. The van der Waals surface area contributed by atoms with Crippen molar-refractivity contribution in [3.63, 3.8) is 0 Å². The van der Waals surface area contributed by atoms with E-state index in [1.54, 1.807) is 23.3 Å². The lowest BCUT2D eigenvalue weighted by atomic mass is 10.1. The molecule has 3 aromatic rings. The molecule has 0 N–H and O–H groups in total. The molecular formula is C20H21NO2S.